The number of carbonyl (C=O) groups is 1. The van der Waals surface area contributed by atoms with Crippen molar-refractivity contribution < 1.29 is 18.3 Å². The van der Waals surface area contributed by atoms with Gasteiger partial charge in [0.05, 0.1) is 4.90 Å². The lowest BCUT2D eigenvalue weighted by Gasteiger charge is -2.14. The summed E-state index contributed by atoms with van der Waals surface area (Å²) in [5.74, 6) is -0.992. The summed E-state index contributed by atoms with van der Waals surface area (Å²) in [5.41, 5.74) is 0.408. The fourth-order valence-corrected chi connectivity index (χ4v) is 1.86. The number of sulfonamides is 1. The van der Waals surface area contributed by atoms with Gasteiger partial charge in [-0.05, 0) is 24.6 Å². The van der Waals surface area contributed by atoms with Crippen molar-refractivity contribution in [2.75, 3.05) is 5.32 Å². The lowest BCUT2D eigenvalue weighted by molar-refractivity contribution is -0.137. The predicted octanol–water partition coefficient (Wildman–Crippen LogP) is 0.609. The molecule has 1 atom stereocenters. The highest BCUT2D eigenvalue weighted by Gasteiger charge is 2.15. The van der Waals surface area contributed by atoms with Gasteiger partial charge >= 0.3 is 5.97 Å². The number of hydrogen-bond donors (Lipinski definition) is 3. The molecule has 0 amide bonds. The Morgan fingerprint density at radius 1 is 1.53 bits per heavy atom. The van der Waals surface area contributed by atoms with Gasteiger partial charge in [-0.2, -0.15) is 0 Å². The van der Waals surface area contributed by atoms with E-state index in [1.807, 2.05) is 0 Å². The average molecular weight is 258 g/mol. The van der Waals surface area contributed by atoms with Crippen LogP contribution in [0.2, 0.25) is 0 Å². The molecule has 0 fully saturated rings. The molecular weight excluding hydrogens is 244 g/mol. The first-order valence-electron chi connectivity index (χ1n) is 4.96. The van der Waals surface area contributed by atoms with Crippen LogP contribution in [-0.2, 0) is 14.8 Å². The van der Waals surface area contributed by atoms with Crippen LogP contribution in [0.5, 0.6) is 0 Å². The third-order valence-corrected chi connectivity index (χ3v) is 3.12. The van der Waals surface area contributed by atoms with Crippen LogP contribution in [0.3, 0.4) is 0 Å². The Balaban J connectivity index is 2.97. The summed E-state index contributed by atoms with van der Waals surface area (Å²) >= 11 is 0. The number of carboxylic acids is 1. The van der Waals surface area contributed by atoms with Crippen molar-refractivity contribution in [3.63, 3.8) is 0 Å². The fourth-order valence-electron chi connectivity index (χ4n) is 1.30. The van der Waals surface area contributed by atoms with Gasteiger partial charge in [0.2, 0.25) is 10.0 Å². The topological polar surface area (TPSA) is 109 Å². The minimum absolute atomic E-state index is 0.0530. The van der Waals surface area contributed by atoms with E-state index < -0.39 is 22.0 Å². The van der Waals surface area contributed by atoms with Gasteiger partial charge < -0.3 is 10.4 Å². The number of nitrogens with one attached hydrogen (secondary N) is 1. The Kier molecular flexibility index (Phi) is 4.08. The Bertz CT molecular complexity index is 513. The largest absolute Gasteiger partial charge is 0.480 e. The molecule has 94 valence electrons. The molecule has 0 aromatic heterocycles. The summed E-state index contributed by atoms with van der Waals surface area (Å²) < 4.78 is 22.2. The standard InChI is InChI=1S/C10H14N2O4S/c1-2-9(10(13)14)12-7-4-3-5-8(6-7)17(11,15)16/h3-6,9,12H,2H2,1H3,(H,13,14)(H2,11,15,16). The highest BCUT2D eigenvalue weighted by Crippen LogP contribution is 2.15. The third kappa shape index (κ3) is 3.72. The molecule has 0 heterocycles. The van der Waals surface area contributed by atoms with E-state index >= 15 is 0 Å². The number of nitrogens with two attached hydrogens (primary N) is 1. The first-order chi connectivity index (χ1) is 7.84. The van der Waals surface area contributed by atoms with Crippen LogP contribution in [0.4, 0.5) is 5.69 Å². The molecule has 1 aromatic carbocycles. The molecule has 17 heavy (non-hydrogen) atoms. The molecule has 0 aliphatic heterocycles. The van der Waals surface area contributed by atoms with Crippen molar-refractivity contribution in [1.29, 1.82) is 0 Å². The highest BCUT2D eigenvalue weighted by molar-refractivity contribution is 7.89. The summed E-state index contributed by atoms with van der Waals surface area (Å²) in [5, 5.41) is 16.6. The van der Waals surface area contributed by atoms with Crippen molar-refractivity contribution in [3.05, 3.63) is 24.3 Å². The van der Waals surface area contributed by atoms with Crippen LogP contribution >= 0.6 is 0 Å². The van der Waals surface area contributed by atoms with Gasteiger partial charge in [-0.25, -0.2) is 18.4 Å². The number of carboxylic acid groups (broad SMARTS) is 1. The Morgan fingerprint density at radius 3 is 2.65 bits per heavy atom. The molecule has 0 saturated carbocycles. The van der Waals surface area contributed by atoms with Crippen LogP contribution < -0.4 is 10.5 Å². The van der Waals surface area contributed by atoms with Gasteiger partial charge in [0.15, 0.2) is 0 Å². The zero-order chi connectivity index (χ0) is 13.1. The van der Waals surface area contributed by atoms with Gasteiger partial charge in [0.1, 0.15) is 6.04 Å². The molecule has 0 bridgehead atoms. The quantitative estimate of drug-likeness (QED) is 0.716. The van der Waals surface area contributed by atoms with Gasteiger partial charge in [-0.3, -0.25) is 0 Å². The summed E-state index contributed by atoms with van der Waals surface area (Å²) in [4.78, 5) is 10.8. The molecule has 1 unspecified atom stereocenters. The predicted molar refractivity (Wildman–Crippen MR) is 63.2 cm³/mol. The molecule has 4 N–H and O–H groups in total. The van der Waals surface area contributed by atoms with Gasteiger partial charge in [-0.1, -0.05) is 13.0 Å². The van der Waals surface area contributed by atoms with E-state index in [9.17, 15) is 13.2 Å². The zero-order valence-electron chi connectivity index (χ0n) is 9.25. The molecule has 1 rings (SSSR count). The van der Waals surface area contributed by atoms with Crippen LogP contribution in [0, 0.1) is 0 Å². The first-order valence-corrected chi connectivity index (χ1v) is 6.51. The molecule has 0 aliphatic rings. The minimum atomic E-state index is -3.78. The maximum atomic E-state index is 11.1. The molecule has 7 heteroatoms. The minimum Gasteiger partial charge on any atom is -0.480 e. The number of primary sulfonamides is 1. The van der Waals surface area contributed by atoms with Crippen molar-refractivity contribution in [1.82, 2.24) is 0 Å². The van der Waals surface area contributed by atoms with E-state index in [1.54, 1.807) is 13.0 Å². The Hall–Kier alpha value is -1.60. The van der Waals surface area contributed by atoms with Crippen LogP contribution in [0.1, 0.15) is 13.3 Å². The maximum absolute atomic E-state index is 11.1. The summed E-state index contributed by atoms with van der Waals surface area (Å²) in [6.45, 7) is 1.72. The lowest BCUT2D eigenvalue weighted by atomic mass is 10.2. The van der Waals surface area contributed by atoms with Gasteiger partial charge in [0, 0.05) is 5.69 Å². The maximum Gasteiger partial charge on any atom is 0.326 e. The van der Waals surface area contributed by atoms with Crippen molar-refractivity contribution >= 4 is 21.7 Å². The van der Waals surface area contributed by atoms with Crippen LogP contribution in [0.25, 0.3) is 0 Å². The SMILES string of the molecule is CCC(Nc1cccc(S(N)(=O)=O)c1)C(=O)O. The van der Waals surface area contributed by atoms with Gasteiger partial charge in [0.25, 0.3) is 0 Å². The molecule has 0 aliphatic carbocycles. The number of benzene rings is 1. The second-order valence-electron chi connectivity index (χ2n) is 3.52. The summed E-state index contributed by atoms with van der Waals surface area (Å²) in [7, 11) is -3.78. The summed E-state index contributed by atoms with van der Waals surface area (Å²) in [6.07, 6.45) is 0.384. The Labute approximate surface area is 99.5 Å². The molecule has 1 aromatic rings. The van der Waals surface area contributed by atoms with Crippen LogP contribution in [0.15, 0.2) is 29.2 Å². The zero-order valence-corrected chi connectivity index (χ0v) is 10.1. The normalized spacial score (nSPS) is 13.1. The number of rotatable bonds is 5. The lowest BCUT2D eigenvalue weighted by Crippen LogP contribution is -2.28. The third-order valence-electron chi connectivity index (χ3n) is 2.21. The molecule has 0 saturated heterocycles. The van der Waals surface area contributed by atoms with E-state index in [0.717, 1.165) is 0 Å². The second kappa shape index (κ2) is 5.15. The van der Waals surface area contributed by atoms with E-state index in [1.165, 1.54) is 18.2 Å². The number of aliphatic carboxylic acids is 1. The molecular formula is C10H14N2O4S. The summed E-state index contributed by atoms with van der Waals surface area (Å²) in [6, 6.07) is 4.98. The Morgan fingerprint density at radius 2 is 2.18 bits per heavy atom. The smallest absolute Gasteiger partial charge is 0.326 e. The second-order valence-corrected chi connectivity index (χ2v) is 5.08. The number of hydrogen-bond acceptors (Lipinski definition) is 4. The molecule has 6 nitrogen and oxygen atoms in total. The van der Waals surface area contributed by atoms with Gasteiger partial charge in [-0.15, -0.1) is 0 Å². The average Bonchev–Trinajstić information content (AvgIpc) is 2.24. The fraction of sp³-hybridized carbons (Fsp3) is 0.300. The molecule has 0 spiro atoms. The highest BCUT2D eigenvalue weighted by atomic mass is 32.2. The van der Waals surface area contributed by atoms with E-state index in [0.29, 0.717) is 12.1 Å². The monoisotopic (exact) mass is 258 g/mol. The van der Waals surface area contributed by atoms with Crippen molar-refractivity contribution in [2.24, 2.45) is 5.14 Å². The van der Waals surface area contributed by atoms with E-state index in [4.69, 9.17) is 10.2 Å². The van der Waals surface area contributed by atoms with E-state index in [-0.39, 0.29) is 4.90 Å². The van der Waals surface area contributed by atoms with Crippen LogP contribution in [-0.4, -0.2) is 25.5 Å². The first kappa shape index (κ1) is 13.5. The van der Waals surface area contributed by atoms with E-state index in [2.05, 4.69) is 5.32 Å². The number of anilines is 1. The molecule has 0 radical (unpaired) electrons. The van der Waals surface area contributed by atoms with Crippen molar-refractivity contribution in [3.8, 4) is 0 Å². The van der Waals surface area contributed by atoms with Crippen molar-refractivity contribution in [2.45, 2.75) is 24.3 Å².